The summed E-state index contributed by atoms with van der Waals surface area (Å²) in [5, 5.41) is 2.70. The number of amides is 1. The molecule has 0 radical (unpaired) electrons. The molecule has 0 fully saturated rings. The fourth-order valence-corrected chi connectivity index (χ4v) is 1.87. The summed E-state index contributed by atoms with van der Waals surface area (Å²) >= 11 is 4.93. The van der Waals surface area contributed by atoms with Crippen LogP contribution < -0.4 is 16.6 Å². The Morgan fingerprint density at radius 3 is 2.65 bits per heavy atom. The third kappa shape index (κ3) is 2.92. The lowest BCUT2D eigenvalue weighted by molar-refractivity contribution is 0.102. The number of aryl methyl sites for hydroxylation is 1. The zero-order valence-corrected chi connectivity index (χ0v) is 11.6. The number of carbonyl (C=O) groups excluding carboxylic acids is 1. The minimum absolute atomic E-state index is 0.199. The van der Waals surface area contributed by atoms with E-state index < -0.39 is 0 Å². The number of thiocarbonyl (C=S) groups is 1. The molecule has 0 aliphatic heterocycles. The SMILES string of the molecule is Cn1ccc(C(=O)Nc2ccccc2C(N)=S)cc1=O. The van der Waals surface area contributed by atoms with E-state index in [4.69, 9.17) is 18.0 Å². The molecule has 6 heteroatoms. The molecular weight excluding hydrogens is 274 g/mol. The molecule has 0 aliphatic rings. The van der Waals surface area contributed by atoms with Crippen molar-refractivity contribution in [2.75, 3.05) is 5.32 Å². The van der Waals surface area contributed by atoms with Crippen LogP contribution in [0.1, 0.15) is 15.9 Å². The number of carbonyl (C=O) groups is 1. The fraction of sp³-hybridized carbons (Fsp3) is 0.0714. The zero-order valence-electron chi connectivity index (χ0n) is 10.8. The number of para-hydroxylation sites is 1. The van der Waals surface area contributed by atoms with Crippen molar-refractivity contribution < 1.29 is 4.79 Å². The minimum Gasteiger partial charge on any atom is -0.389 e. The van der Waals surface area contributed by atoms with Gasteiger partial charge in [0.15, 0.2) is 0 Å². The van der Waals surface area contributed by atoms with Crippen molar-refractivity contribution in [1.82, 2.24) is 4.57 Å². The van der Waals surface area contributed by atoms with Gasteiger partial charge >= 0.3 is 0 Å². The Bertz CT molecular complexity index is 737. The van der Waals surface area contributed by atoms with Gasteiger partial charge in [0, 0.05) is 30.4 Å². The predicted molar refractivity (Wildman–Crippen MR) is 82.0 cm³/mol. The first-order chi connectivity index (χ1) is 9.49. The number of rotatable bonds is 3. The number of aromatic nitrogens is 1. The molecule has 0 spiro atoms. The maximum Gasteiger partial charge on any atom is 0.255 e. The summed E-state index contributed by atoms with van der Waals surface area (Å²) in [6, 6.07) is 9.82. The standard InChI is InChI=1S/C14H13N3O2S/c1-17-7-6-9(8-12(17)18)14(19)16-11-5-3-2-4-10(11)13(15)20/h2-8H,1H3,(H2,15,20)(H,16,19). The van der Waals surface area contributed by atoms with Crippen LogP contribution >= 0.6 is 12.2 Å². The first kappa shape index (κ1) is 14.0. The van der Waals surface area contributed by atoms with Crippen molar-refractivity contribution in [3.8, 4) is 0 Å². The molecule has 2 rings (SSSR count). The smallest absolute Gasteiger partial charge is 0.255 e. The van der Waals surface area contributed by atoms with Crippen LogP contribution in [-0.4, -0.2) is 15.5 Å². The summed E-state index contributed by atoms with van der Waals surface area (Å²) in [6.45, 7) is 0. The number of pyridine rings is 1. The highest BCUT2D eigenvalue weighted by atomic mass is 32.1. The molecular formula is C14H13N3O2S. The summed E-state index contributed by atoms with van der Waals surface area (Å²) in [5.74, 6) is -0.383. The number of hydrogen-bond donors (Lipinski definition) is 2. The van der Waals surface area contributed by atoms with E-state index in [2.05, 4.69) is 5.32 Å². The third-order valence-corrected chi connectivity index (χ3v) is 3.03. The van der Waals surface area contributed by atoms with Crippen LogP contribution in [0.15, 0.2) is 47.4 Å². The second kappa shape index (κ2) is 5.66. The van der Waals surface area contributed by atoms with Gasteiger partial charge < -0.3 is 15.6 Å². The molecule has 102 valence electrons. The van der Waals surface area contributed by atoms with E-state index in [1.165, 1.54) is 16.8 Å². The number of anilines is 1. The maximum absolute atomic E-state index is 12.1. The second-order valence-electron chi connectivity index (χ2n) is 4.23. The quantitative estimate of drug-likeness (QED) is 0.834. The summed E-state index contributed by atoms with van der Waals surface area (Å²) in [7, 11) is 1.62. The highest BCUT2D eigenvalue weighted by molar-refractivity contribution is 7.80. The summed E-state index contributed by atoms with van der Waals surface area (Å²) in [4.78, 5) is 23.8. The molecule has 1 heterocycles. The maximum atomic E-state index is 12.1. The number of nitrogens with two attached hydrogens (primary N) is 1. The number of hydrogen-bond acceptors (Lipinski definition) is 3. The van der Waals surface area contributed by atoms with Crippen molar-refractivity contribution >= 4 is 28.8 Å². The molecule has 5 nitrogen and oxygen atoms in total. The Hall–Kier alpha value is -2.47. The topological polar surface area (TPSA) is 77.1 Å². The van der Waals surface area contributed by atoms with Gasteiger partial charge in [0.2, 0.25) is 0 Å². The zero-order chi connectivity index (χ0) is 14.7. The first-order valence-electron chi connectivity index (χ1n) is 5.86. The van der Waals surface area contributed by atoms with Crippen molar-refractivity contribution in [3.63, 3.8) is 0 Å². The van der Waals surface area contributed by atoms with E-state index in [-0.39, 0.29) is 22.0 Å². The van der Waals surface area contributed by atoms with E-state index in [0.717, 1.165) is 0 Å². The average molecular weight is 287 g/mol. The molecule has 0 aliphatic carbocycles. The van der Waals surface area contributed by atoms with Gasteiger partial charge in [-0.1, -0.05) is 24.4 Å². The van der Waals surface area contributed by atoms with Crippen molar-refractivity contribution in [2.24, 2.45) is 12.8 Å². The van der Waals surface area contributed by atoms with Crippen LogP contribution in [0.4, 0.5) is 5.69 Å². The van der Waals surface area contributed by atoms with Crippen molar-refractivity contribution in [2.45, 2.75) is 0 Å². The van der Waals surface area contributed by atoms with Crippen LogP contribution in [-0.2, 0) is 7.05 Å². The molecule has 0 atom stereocenters. The van der Waals surface area contributed by atoms with Gasteiger partial charge in [-0.3, -0.25) is 9.59 Å². The monoisotopic (exact) mass is 287 g/mol. The van der Waals surface area contributed by atoms with Gasteiger partial charge in [0.25, 0.3) is 11.5 Å². The van der Waals surface area contributed by atoms with Gasteiger partial charge in [0.1, 0.15) is 4.99 Å². The van der Waals surface area contributed by atoms with Crippen LogP contribution in [0.2, 0.25) is 0 Å². The summed E-state index contributed by atoms with van der Waals surface area (Å²) in [5.41, 5.74) is 6.74. The van der Waals surface area contributed by atoms with Gasteiger partial charge in [-0.15, -0.1) is 0 Å². The Kier molecular flexibility index (Phi) is 3.95. The van der Waals surface area contributed by atoms with Crippen LogP contribution in [0, 0.1) is 0 Å². The molecule has 1 aromatic heterocycles. The normalized spacial score (nSPS) is 10.1. The van der Waals surface area contributed by atoms with Crippen LogP contribution in [0.5, 0.6) is 0 Å². The number of nitrogens with zero attached hydrogens (tertiary/aromatic N) is 1. The second-order valence-corrected chi connectivity index (χ2v) is 4.67. The van der Waals surface area contributed by atoms with Crippen molar-refractivity contribution in [1.29, 1.82) is 0 Å². The van der Waals surface area contributed by atoms with Gasteiger partial charge in [-0.25, -0.2) is 0 Å². The molecule has 20 heavy (non-hydrogen) atoms. The van der Waals surface area contributed by atoms with E-state index in [1.54, 1.807) is 37.4 Å². The Morgan fingerprint density at radius 1 is 1.30 bits per heavy atom. The van der Waals surface area contributed by atoms with Gasteiger partial charge in [-0.2, -0.15) is 0 Å². The highest BCUT2D eigenvalue weighted by Gasteiger charge is 2.10. The average Bonchev–Trinajstić information content (AvgIpc) is 2.42. The predicted octanol–water partition coefficient (Wildman–Crippen LogP) is 1.27. The van der Waals surface area contributed by atoms with E-state index >= 15 is 0 Å². The van der Waals surface area contributed by atoms with E-state index in [0.29, 0.717) is 11.3 Å². The lowest BCUT2D eigenvalue weighted by Gasteiger charge is -2.10. The van der Waals surface area contributed by atoms with Crippen molar-refractivity contribution in [3.05, 3.63) is 64.1 Å². The summed E-state index contributed by atoms with van der Waals surface area (Å²) in [6.07, 6.45) is 1.54. The molecule has 1 aromatic carbocycles. The van der Waals surface area contributed by atoms with Gasteiger partial charge in [-0.05, 0) is 18.2 Å². The molecule has 0 saturated carbocycles. The fourth-order valence-electron chi connectivity index (χ4n) is 1.69. The first-order valence-corrected chi connectivity index (χ1v) is 6.27. The number of benzene rings is 1. The molecule has 2 aromatic rings. The van der Waals surface area contributed by atoms with Crippen LogP contribution in [0.25, 0.3) is 0 Å². The molecule has 0 bridgehead atoms. The molecule has 0 saturated heterocycles. The van der Waals surface area contributed by atoms with Gasteiger partial charge in [0.05, 0.1) is 5.69 Å². The minimum atomic E-state index is -0.383. The highest BCUT2D eigenvalue weighted by Crippen LogP contribution is 2.15. The molecule has 3 N–H and O–H groups in total. The van der Waals surface area contributed by atoms with E-state index in [1.807, 2.05) is 0 Å². The van der Waals surface area contributed by atoms with Crippen LogP contribution in [0.3, 0.4) is 0 Å². The van der Waals surface area contributed by atoms with E-state index in [9.17, 15) is 9.59 Å². The summed E-state index contributed by atoms with van der Waals surface area (Å²) < 4.78 is 1.39. The lowest BCUT2D eigenvalue weighted by atomic mass is 10.1. The molecule has 0 unspecified atom stereocenters. The largest absolute Gasteiger partial charge is 0.389 e. The third-order valence-electron chi connectivity index (χ3n) is 2.81. The Morgan fingerprint density at radius 2 is 2.00 bits per heavy atom. The Balaban J connectivity index is 2.30. The lowest BCUT2D eigenvalue weighted by Crippen LogP contribution is -2.21. The Labute approximate surface area is 121 Å². The molecule has 1 amide bonds. The number of nitrogens with one attached hydrogen (secondary N) is 1.